The Labute approximate surface area is 209 Å². The van der Waals surface area contributed by atoms with Crippen LogP contribution < -0.4 is 14.8 Å². The fourth-order valence-electron chi connectivity index (χ4n) is 4.16. The first-order chi connectivity index (χ1) is 15.1. The molecule has 0 bridgehead atoms. The molecule has 3 rings (SSSR count). The highest BCUT2D eigenvalue weighted by atomic mass is 127. The average molecular weight is 559 g/mol. The molecule has 1 aromatic carbocycles. The number of piperazine rings is 1. The number of aliphatic imine (C=N–C) groups is 1. The molecule has 0 saturated carbocycles. The lowest BCUT2D eigenvalue weighted by Gasteiger charge is -2.39. The van der Waals surface area contributed by atoms with Gasteiger partial charge in [-0.15, -0.1) is 24.0 Å². The second kappa shape index (κ2) is 13.7. The van der Waals surface area contributed by atoms with Crippen molar-refractivity contribution in [3.63, 3.8) is 0 Å². The van der Waals surface area contributed by atoms with E-state index in [2.05, 4.69) is 20.1 Å². The minimum Gasteiger partial charge on any atom is -0.497 e. The number of rotatable bonds is 8. The number of benzene rings is 1. The molecule has 2 aliphatic rings. The topological polar surface area (TPSA) is 69.6 Å². The molecule has 2 saturated heterocycles. The van der Waals surface area contributed by atoms with Gasteiger partial charge in [0, 0.05) is 58.9 Å². The van der Waals surface area contributed by atoms with Crippen LogP contribution in [0.15, 0.2) is 29.3 Å². The Kier molecular flexibility index (Phi) is 11.4. The largest absolute Gasteiger partial charge is 0.497 e. The predicted molar refractivity (Wildman–Crippen MR) is 138 cm³/mol. The summed E-state index contributed by atoms with van der Waals surface area (Å²) in [5, 5.41) is 3.44. The fraction of sp³-hybridized carbons (Fsp3) is 0.652. The summed E-state index contributed by atoms with van der Waals surface area (Å²) in [6, 6.07) is 7.61. The Morgan fingerprint density at radius 2 is 1.78 bits per heavy atom. The van der Waals surface area contributed by atoms with E-state index in [-0.39, 0.29) is 35.9 Å². The van der Waals surface area contributed by atoms with E-state index in [9.17, 15) is 4.79 Å². The number of ether oxygens (including phenoxy) is 2. The number of halogens is 1. The molecule has 2 fully saturated rings. The summed E-state index contributed by atoms with van der Waals surface area (Å²) in [5.41, 5.74) is 0. The normalized spacial score (nSPS) is 18.2. The summed E-state index contributed by atoms with van der Waals surface area (Å²) in [5.74, 6) is 2.81. The highest BCUT2D eigenvalue weighted by molar-refractivity contribution is 14.0. The van der Waals surface area contributed by atoms with Gasteiger partial charge in [-0.2, -0.15) is 0 Å². The molecule has 1 aromatic rings. The zero-order valence-corrected chi connectivity index (χ0v) is 21.9. The maximum absolute atomic E-state index is 12.7. The van der Waals surface area contributed by atoms with Gasteiger partial charge in [-0.05, 0) is 38.3 Å². The van der Waals surface area contributed by atoms with Crippen LogP contribution in [-0.2, 0) is 4.79 Å². The predicted octanol–water partition coefficient (Wildman–Crippen LogP) is 2.29. The monoisotopic (exact) mass is 559 g/mol. The quantitative estimate of drug-likeness (QED) is 0.228. The van der Waals surface area contributed by atoms with Crippen LogP contribution >= 0.6 is 24.0 Å². The summed E-state index contributed by atoms with van der Waals surface area (Å²) < 4.78 is 11.0. The van der Waals surface area contributed by atoms with Crippen LogP contribution in [0.3, 0.4) is 0 Å². The zero-order chi connectivity index (χ0) is 22.1. The van der Waals surface area contributed by atoms with E-state index in [1.165, 1.54) is 0 Å². The smallest absolute Gasteiger partial charge is 0.239 e. The number of carbonyl (C=O) groups excluding carboxylic acids is 1. The molecule has 9 heteroatoms. The first-order valence-electron chi connectivity index (χ1n) is 11.4. The molecule has 32 heavy (non-hydrogen) atoms. The Morgan fingerprint density at radius 3 is 2.44 bits per heavy atom. The fourth-order valence-corrected chi connectivity index (χ4v) is 4.16. The highest BCUT2D eigenvalue weighted by Crippen LogP contribution is 2.19. The molecule has 180 valence electrons. The van der Waals surface area contributed by atoms with Crippen molar-refractivity contribution in [1.82, 2.24) is 20.0 Å². The van der Waals surface area contributed by atoms with E-state index in [0.29, 0.717) is 6.61 Å². The van der Waals surface area contributed by atoms with Crippen molar-refractivity contribution in [3.05, 3.63) is 24.3 Å². The molecular weight excluding hydrogens is 521 g/mol. The van der Waals surface area contributed by atoms with Crippen molar-refractivity contribution in [2.24, 2.45) is 4.99 Å². The van der Waals surface area contributed by atoms with Gasteiger partial charge in [0.1, 0.15) is 11.5 Å². The van der Waals surface area contributed by atoms with E-state index >= 15 is 0 Å². The molecule has 0 aromatic heterocycles. The number of methoxy groups -OCH3 is 1. The van der Waals surface area contributed by atoms with Crippen LogP contribution in [0.4, 0.5) is 0 Å². The molecule has 1 atom stereocenters. The first kappa shape index (κ1) is 26.5. The van der Waals surface area contributed by atoms with Crippen LogP contribution in [0.25, 0.3) is 0 Å². The third kappa shape index (κ3) is 7.40. The second-order valence-electron chi connectivity index (χ2n) is 8.09. The van der Waals surface area contributed by atoms with Crippen molar-refractivity contribution in [2.45, 2.75) is 32.2 Å². The number of guanidine groups is 1. The minimum atomic E-state index is -0.0380. The number of nitrogens with zero attached hydrogens (tertiary/aromatic N) is 4. The third-order valence-corrected chi connectivity index (χ3v) is 6.06. The summed E-state index contributed by atoms with van der Waals surface area (Å²) in [4.78, 5) is 23.7. The van der Waals surface area contributed by atoms with Crippen LogP contribution in [0.2, 0.25) is 0 Å². The van der Waals surface area contributed by atoms with Crippen LogP contribution in [-0.4, -0.2) is 99.2 Å². The molecule has 1 amide bonds. The Bertz CT molecular complexity index is 734. The van der Waals surface area contributed by atoms with Crippen molar-refractivity contribution in [1.29, 1.82) is 0 Å². The van der Waals surface area contributed by atoms with E-state index < -0.39 is 0 Å². The SMILES string of the molecule is CN=C(NCCCOc1cccc(OC)c1)N1CCN(C(C)C(=O)N2CCCC2)CC1.I. The number of hydrogen-bond donors (Lipinski definition) is 1. The minimum absolute atomic E-state index is 0. The summed E-state index contributed by atoms with van der Waals surface area (Å²) in [7, 11) is 3.47. The lowest BCUT2D eigenvalue weighted by atomic mass is 10.2. The van der Waals surface area contributed by atoms with Gasteiger partial charge in [-0.1, -0.05) is 6.07 Å². The second-order valence-corrected chi connectivity index (χ2v) is 8.09. The van der Waals surface area contributed by atoms with Crippen LogP contribution in [0.5, 0.6) is 11.5 Å². The lowest BCUT2D eigenvalue weighted by Crippen LogP contribution is -2.57. The van der Waals surface area contributed by atoms with Gasteiger partial charge in [-0.25, -0.2) is 0 Å². The summed E-state index contributed by atoms with van der Waals surface area (Å²) >= 11 is 0. The molecule has 2 heterocycles. The van der Waals surface area contributed by atoms with Gasteiger partial charge in [-0.3, -0.25) is 14.7 Å². The van der Waals surface area contributed by atoms with Crippen molar-refractivity contribution in [2.75, 3.05) is 66.6 Å². The Hall–Kier alpha value is -1.75. The van der Waals surface area contributed by atoms with Gasteiger partial charge in [0.2, 0.25) is 5.91 Å². The third-order valence-electron chi connectivity index (χ3n) is 6.06. The molecule has 1 unspecified atom stereocenters. The number of hydrogen-bond acceptors (Lipinski definition) is 5. The van der Waals surface area contributed by atoms with Gasteiger partial charge < -0.3 is 24.6 Å². The van der Waals surface area contributed by atoms with Gasteiger partial charge in [0.25, 0.3) is 0 Å². The maximum atomic E-state index is 12.7. The number of likely N-dealkylation sites (tertiary alicyclic amines) is 1. The standard InChI is InChI=1S/C23H37N5O3.HI/c1-19(22(29)27-11-4-5-12-27)26-13-15-28(16-14-26)23(24-2)25-10-7-17-31-21-9-6-8-20(18-21)30-3;/h6,8-9,18-19H,4-5,7,10-17H2,1-3H3,(H,24,25);1H. The van der Waals surface area contributed by atoms with E-state index in [0.717, 1.165) is 82.5 Å². The molecule has 2 aliphatic heterocycles. The Balaban J connectivity index is 0.00000363. The van der Waals surface area contributed by atoms with Crippen LogP contribution in [0, 0.1) is 0 Å². The average Bonchev–Trinajstić information content (AvgIpc) is 3.36. The van der Waals surface area contributed by atoms with E-state index in [1.807, 2.05) is 43.1 Å². The van der Waals surface area contributed by atoms with Gasteiger partial charge in [0.05, 0.1) is 19.8 Å². The van der Waals surface area contributed by atoms with E-state index in [1.54, 1.807) is 7.11 Å². The summed E-state index contributed by atoms with van der Waals surface area (Å²) in [6.45, 7) is 8.80. The summed E-state index contributed by atoms with van der Waals surface area (Å²) in [6.07, 6.45) is 3.15. The highest BCUT2D eigenvalue weighted by Gasteiger charge is 2.30. The molecular formula is C23H38IN5O3. The molecule has 0 radical (unpaired) electrons. The van der Waals surface area contributed by atoms with Crippen molar-refractivity contribution in [3.8, 4) is 11.5 Å². The number of carbonyl (C=O) groups is 1. The Morgan fingerprint density at radius 1 is 1.09 bits per heavy atom. The molecule has 8 nitrogen and oxygen atoms in total. The van der Waals surface area contributed by atoms with Gasteiger partial charge >= 0.3 is 0 Å². The first-order valence-corrected chi connectivity index (χ1v) is 11.4. The lowest BCUT2D eigenvalue weighted by molar-refractivity contribution is -0.135. The van der Waals surface area contributed by atoms with Gasteiger partial charge in [0.15, 0.2) is 5.96 Å². The molecule has 0 aliphatic carbocycles. The van der Waals surface area contributed by atoms with Crippen LogP contribution in [0.1, 0.15) is 26.2 Å². The maximum Gasteiger partial charge on any atom is 0.239 e. The molecule has 1 N–H and O–H groups in total. The zero-order valence-electron chi connectivity index (χ0n) is 19.6. The van der Waals surface area contributed by atoms with Crippen molar-refractivity contribution < 1.29 is 14.3 Å². The van der Waals surface area contributed by atoms with Crippen molar-refractivity contribution >= 4 is 35.8 Å². The van der Waals surface area contributed by atoms with E-state index in [4.69, 9.17) is 9.47 Å². The number of amides is 1. The molecule has 0 spiro atoms. The number of nitrogens with one attached hydrogen (secondary N) is 1.